The Balaban J connectivity index is 1.94. The van der Waals surface area contributed by atoms with Crippen LogP contribution in [0, 0.1) is 5.92 Å². The van der Waals surface area contributed by atoms with Crippen molar-refractivity contribution in [3.05, 3.63) is 44.7 Å². The van der Waals surface area contributed by atoms with Crippen LogP contribution in [0.1, 0.15) is 31.2 Å². The van der Waals surface area contributed by atoms with Crippen LogP contribution in [0.25, 0.3) is 0 Å². The van der Waals surface area contributed by atoms with Crippen molar-refractivity contribution in [3.63, 3.8) is 0 Å². The molecule has 1 aromatic heterocycles. The molecule has 2 heterocycles. The minimum absolute atomic E-state index is 0.0338. The van der Waals surface area contributed by atoms with Gasteiger partial charge in [0.1, 0.15) is 10.7 Å². The number of thiocarbonyl (C=S) groups is 1. The van der Waals surface area contributed by atoms with Gasteiger partial charge in [-0.3, -0.25) is 0 Å². The summed E-state index contributed by atoms with van der Waals surface area (Å²) in [5.74, 6) is 0.866. The highest BCUT2D eigenvalue weighted by Crippen LogP contribution is 2.27. The Morgan fingerprint density at radius 2 is 2.03 bits per heavy atom. The maximum atomic E-state index is 11.7. The number of benzene rings is 1. The summed E-state index contributed by atoms with van der Waals surface area (Å²) in [6, 6.07) is 5.28. The summed E-state index contributed by atoms with van der Waals surface area (Å²) in [6.45, 7) is 8.20. The first-order chi connectivity index (χ1) is 13.9. The zero-order chi connectivity index (χ0) is 22.3. The fraction of sp³-hybridized carbons (Fsp3) is 0.500. The summed E-state index contributed by atoms with van der Waals surface area (Å²) >= 11 is 13.3. The van der Waals surface area contributed by atoms with Crippen molar-refractivity contribution in [1.29, 1.82) is 0 Å². The molecule has 0 bridgehead atoms. The fourth-order valence-corrected chi connectivity index (χ4v) is 5.63. The van der Waals surface area contributed by atoms with Crippen LogP contribution in [0.4, 0.5) is 0 Å². The molecular formula is C20H26ClN3O3S3. The first-order valence-electron chi connectivity index (χ1n) is 9.47. The van der Waals surface area contributed by atoms with Gasteiger partial charge in [-0.05, 0) is 23.6 Å². The van der Waals surface area contributed by atoms with Crippen LogP contribution >= 0.6 is 35.2 Å². The Bertz CT molecular complexity index is 1120. The number of ether oxygens (including phenoxy) is 1. The van der Waals surface area contributed by atoms with Crippen molar-refractivity contribution in [3.8, 4) is 5.75 Å². The second-order valence-corrected chi connectivity index (χ2v) is 12.3. The van der Waals surface area contributed by atoms with Crippen LogP contribution < -0.4 is 9.54 Å². The minimum atomic E-state index is -3.13. The second-order valence-electron chi connectivity index (χ2n) is 8.49. The van der Waals surface area contributed by atoms with Crippen LogP contribution in [0.3, 0.4) is 0 Å². The standard InChI is InChI=1S/C20H26ClN3O3S3/c1-20(2,3)17-12-23(9-13-10-24(11-13)30(5,25)26)19(29-17)22-18(28)15-8-14(21)6-7-16(15)27-4/h6-8,12-13H,9-11H2,1-5H3. The number of nitrogens with zero attached hydrogens (tertiary/aromatic N) is 3. The molecule has 0 unspecified atom stereocenters. The van der Waals surface area contributed by atoms with Crippen LogP contribution in [0.15, 0.2) is 29.4 Å². The molecule has 0 radical (unpaired) electrons. The van der Waals surface area contributed by atoms with E-state index in [0.717, 1.165) is 4.80 Å². The number of thiazole rings is 1. The van der Waals surface area contributed by atoms with Gasteiger partial charge in [0.15, 0.2) is 4.80 Å². The van der Waals surface area contributed by atoms with E-state index in [1.54, 1.807) is 36.6 Å². The third-order valence-electron chi connectivity index (χ3n) is 4.90. The molecule has 0 saturated carbocycles. The Hall–Kier alpha value is -1.26. The Morgan fingerprint density at radius 1 is 1.37 bits per heavy atom. The molecule has 10 heteroatoms. The maximum absolute atomic E-state index is 11.7. The Morgan fingerprint density at radius 3 is 2.60 bits per heavy atom. The smallest absolute Gasteiger partial charge is 0.211 e. The van der Waals surface area contributed by atoms with Gasteiger partial charge in [0.25, 0.3) is 0 Å². The van der Waals surface area contributed by atoms with Crippen LogP contribution in [0.5, 0.6) is 5.75 Å². The predicted molar refractivity (Wildman–Crippen MR) is 126 cm³/mol. The van der Waals surface area contributed by atoms with Gasteiger partial charge >= 0.3 is 0 Å². The molecule has 164 valence electrons. The van der Waals surface area contributed by atoms with E-state index in [1.807, 2.05) is 0 Å². The lowest BCUT2D eigenvalue weighted by Crippen LogP contribution is -2.51. The first kappa shape index (κ1) is 23.4. The summed E-state index contributed by atoms with van der Waals surface area (Å²) in [6.07, 6.45) is 3.35. The zero-order valence-corrected chi connectivity index (χ0v) is 20.9. The van der Waals surface area contributed by atoms with Crippen molar-refractivity contribution in [1.82, 2.24) is 8.87 Å². The highest BCUT2D eigenvalue weighted by molar-refractivity contribution is 7.88. The van der Waals surface area contributed by atoms with Crippen molar-refractivity contribution >= 4 is 50.2 Å². The van der Waals surface area contributed by atoms with Crippen molar-refractivity contribution in [2.24, 2.45) is 10.9 Å². The van der Waals surface area contributed by atoms with Gasteiger partial charge in [-0.25, -0.2) is 17.7 Å². The summed E-state index contributed by atoms with van der Waals surface area (Å²) in [4.78, 5) is 7.10. The lowest BCUT2D eigenvalue weighted by Gasteiger charge is -2.37. The summed E-state index contributed by atoms with van der Waals surface area (Å²) in [5, 5.41) is 0.563. The number of hydrogen-bond donors (Lipinski definition) is 0. The van der Waals surface area contributed by atoms with E-state index in [4.69, 9.17) is 33.5 Å². The third-order valence-corrected chi connectivity index (χ3v) is 8.12. The summed E-state index contributed by atoms with van der Waals surface area (Å²) in [5.41, 5.74) is 0.637. The van der Waals surface area contributed by atoms with Gasteiger partial charge < -0.3 is 9.30 Å². The molecule has 3 rings (SSSR count). The van der Waals surface area contributed by atoms with E-state index in [9.17, 15) is 8.42 Å². The van der Waals surface area contributed by atoms with Gasteiger partial charge in [-0.1, -0.05) is 44.6 Å². The van der Waals surface area contributed by atoms with Crippen molar-refractivity contribution in [2.75, 3.05) is 26.5 Å². The topological polar surface area (TPSA) is 63.9 Å². The Labute approximate surface area is 192 Å². The number of halogens is 1. The highest BCUT2D eigenvalue weighted by atomic mass is 35.5. The van der Waals surface area contributed by atoms with E-state index in [1.165, 1.54) is 15.4 Å². The fourth-order valence-electron chi connectivity index (χ4n) is 3.13. The molecule has 0 spiro atoms. The SMILES string of the molecule is COc1ccc(Cl)cc1C(=S)N=c1sc(C(C)(C)C)cn1CC1CN(S(C)(=O)=O)C1. The van der Waals surface area contributed by atoms with E-state index >= 15 is 0 Å². The monoisotopic (exact) mass is 487 g/mol. The Kier molecular flexibility index (Phi) is 6.79. The maximum Gasteiger partial charge on any atom is 0.211 e. The van der Waals surface area contributed by atoms with Gasteiger partial charge in [0.2, 0.25) is 10.0 Å². The van der Waals surface area contributed by atoms with E-state index in [0.29, 0.717) is 41.0 Å². The molecule has 1 fully saturated rings. The minimum Gasteiger partial charge on any atom is -0.496 e. The van der Waals surface area contributed by atoms with Gasteiger partial charge in [0, 0.05) is 41.6 Å². The summed E-state index contributed by atoms with van der Waals surface area (Å²) < 4.78 is 32.3. The number of aromatic nitrogens is 1. The predicted octanol–water partition coefficient (Wildman–Crippen LogP) is 3.68. The molecule has 30 heavy (non-hydrogen) atoms. The number of rotatable bonds is 5. The van der Waals surface area contributed by atoms with Gasteiger partial charge in [-0.2, -0.15) is 0 Å². The van der Waals surface area contributed by atoms with Crippen LogP contribution in [-0.2, 0) is 22.0 Å². The normalized spacial score (nSPS) is 16.5. The molecule has 0 atom stereocenters. The van der Waals surface area contributed by atoms with Gasteiger partial charge in [0.05, 0.1) is 18.9 Å². The van der Waals surface area contributed by atoms with Crippen LogP contribution in [-0.4, -0.2) is 48.7 Å². The largest absolute Gasteiger partial charge is 0.496 e. The quantitative estimate of drug-likeness (QED) is 0.603. The number of methoxy groups -OCH3 is 1. The van der Waals surface area contributed by atoms with E-state index < -0.39 is 10.0 Å². The van der Waals surface area contributed by atoms with Crippen molar-refractivity contribution < 1.29 is 13.2 Å². The van der Waals surface area contributed by atoms with E-state index in [-0.39, 0.29) is 11.3 Å². The molecule has 0 amide bonds. The van der Waals surface area contributed by atoms with Crippen molar-refractivity contribution in [2.45, 2.75) is 32.7 Å². The molecule has 1 aliphatic heterocycles. The number of hydrogen-bond acceptors (Lipinski definition) is 5. The number of sulfonamides is 1. The van der Waals surface area contributed by atoms with Crippen LogP contribution in [0.2, 0.25) is 5.02 Å². The molecule has 0 aliphatic carbocycles. The molecule has 6 nitrogen and oxygen atoms in total. The molecule has 2 aromatic rings. The average Bonchev–Trinajstić information content (AvgIpc) is 2.99. The first-order valence-corrected chi connectivity index (χ1v) is 12.9. The lowest BCUT2D eigenvalue weighted by atomic mass is 9.95. The molecular weight excluding hydrogens is 462 g/mol. The van der Waals surface area contributed by atoms with Gasteiger partial charge in [-0.15, -0.1) is 11.3 Å². The molecule has 1 aliphatic rings. The second kappa shape index (κ2) is 8.70. The van der Waals surface area contributed by atoms with E-state index in [2.05, 4.69) is 31.5 Å². The zero-order valence-electron chi connectivity index (χ0n) is 17.7. The average molecular weight is 488 g/mol. The molecule has 1 saturated heterocycles. The molecule has 1 aromatic carbocycles. The lowest BCUT2D eigenvalue weighted by molar-refractivity contribution is 0.180. The third kappa shape index (κ3) is 5.31. The molecule has 0 N–H and O–H groups in total. The summed E-state index contributed by atoms with van der Waals surface area (Å²) in [7, 11) is -1.54. The highest BCUT2D eigenvalue weighted by Gasteiger charge is 2.33.